The van der Waals surface area contributed by atoms with Crippen LogP contribution in [0.3, 0.4) is 0 Å². The molecule has 0 spiro atoms. The summed E-state index contributed by atoms with van der Waals surface area (Å²) in [4.78, 5) is 7.96. The van der Waals surface area contributed by atoms with Gasteiger partial charge in [0.2, 0.25) is 6.39 Å². The van der Waals surface area contributed by atoms with Crippen LogP contribution < -0.4 is 5.32 Å². The molecule has 5 heteroatoms. The maximum Gasteiger partial charge on any atom is 0.213 e. The molecule has 2 heterocycles. The quantitative estimate of drug-likeness (QED) is 0.730. The molecule has 2 aromatic rings. The van der Waals surface area contributed by atoms with Crippen molar-refractivity contribution < 1.29 is 4.52 Å². The first kappa shape index (κ1) is 9.79. The summed E-state index contributed by atoms with van der Waals surface area (Å²) in [5, 5.41) is 7.00. The second-order valence-corrected chi connectivity index (χ2v) is 3.14. The summed E-state index contributed by atoms with van der Waals surface area (Å²) in [6.45, 7) is 1.64. The van der Waals surface area contributed by atoms with E-state index in [2.05, 4.69) is 25.0 Å². The Bertz CT molecular complexity index is 374. The van der Waals surface area contributed by atoms with Crippen LogP contribution in [0.2, 0.25) is 0 Å². The largest absolute Gasteiger partial charge is 0.343 e. The van der Waals surface area contributed by atoms with Gasteiger partial charge < -0.3 is 9.84 Å². The molecule has 0 saturated carbocycles. The van der Waals surface area contributed by atoms with Crippen molar-refractivity contribution in [3.8, 4) is 0 Å². The van der Waals surface area contributed by atoms with Gasteiger partial charge in [0.05, 0.1) is 0 Å². The molecule has 0 amide bonds. The highest BCUT2D eigenvalue weighted by atomic mass is 16.5. The van der Waals surface area contributed by atoms with Gasteiger partial charge in [-0.1, -0.05) is 11.2 Å². The lowest BCUT2D eigenvalue weighted by molar-refractivity contribution is 0.409. The summed E-state index contributed by atoms with van der Waals surface area (Å²) in [7, 11) is 0. The van der Waals surface area contributed by atoms with Crippen LogP contribution in [-0.4, -0.2) is 21.7 Å². The van der Waals surface area contributed by atoms with E-state index < -0.39 is 0 Å². The van der Waals surface area contributed by atoms with E-state index in [1.807, 2.05) is 18.3 Å². The first-order chi connectivity index (χ1) is 7.45. The average molecular weight is 204 g/mol. The Hall–Kier alpha value is -1.75. The summed E-state index contributed by atoms with van der Waals surface area (Å²) in [5.41, 5.74) is 1.17. The smallest absolute Gasteiger partial charge is 0.213 e. The van der Waals surface area contributed by atoms with Crippen molar-refractivity contribution in [2.45, 2.75) is 13.0 Å². The Labute approximate surface area is 87.5 Å². The normalized spacial score (nSPS) is 10.4. The molecule has 0 atom stereocenters. The van der Waals surface area contributed by atoms with Crippen LogP contribution in [0.15, 0.2) is 35.4 Å². The molecular formula is C10H12N4O. The second-order valence-electron chi connectivity index (χ2n) is 3.14. The van der Waals surface area contributed by atoms with E-state index >= 15 is 0 Å². The summed E-state index contributed by atoms with van der Waals surface area (Å²) >= 11 is 0. The van der Waals surface area contributed by atoms with Gasteiger partial charge in [-0.25, -0.2) is 0 Å². The lowest BCUT2D eigenvalue weighted by atomic mass is 10.3. The predicted molar refractivity (Wildman–Crippen MR) is 53.9 cm³/mol. The van der Waals surface area contributed by atoms with Crippen LogP contribution in [0.1, 0.15) is 11.4 Å². The van der Waals surface area contributed by atoms with Gasteiger partial charge in [0.25, 0.3) is 0 Å². The van der Waals surface area contributed by atoms with Crippen LogP contribution in [0.25, 0.3) is 0 Å². The molecule has 0 aliphatic carbocycles. The molecule has 0 fully saturated rings. The second kappa shape index (κ2) is 5.21. The molecule has 15 heavy (non-hydrogen) atoms. The summed E-state index contributed by atoms with van der Waals surface area (Å²) < 4.78 is 4.63. The standard InChI is InChI=1S/C10H12N4O/c1-2-9(6-11-4-1)7-12-5-3-10-13-8-15-14-10/h1-2,4,6,8,12H,3,5,7H2. The van der Waals surface area contributed by atoms with E-state index in [4.69, 9.17) is 0 Å². The number of hydrogen-bond acceptors (Lipinski definition) is 5. The van der Waals surface area contributed by atoms with Gasteiger partial charge in [-0.05, 0) is 11.6 Å². The van der Waals surface area contributed by atoms with Crippen molar-refractivity contribution in [1.29, 1.82) is 0 Å². The topological polar surface area (TPSA) is 63.8 Å². The highest BCUT2D eigenvalue weighted by Gasteiger charge is 1.97. The molecular weight excluding hydrogens is 192 g/mol. The molecule has 0 aliphatic heterocycles. The zero-order valence-corrected chi connectivity index (χ0v) is 8.26. The van der Waals surface area contributed by atoms with Crippen LogP contribution in [-0.2, 0) is 13.0 Å². The van der Waals surface area contributed by atoms with Gasteiger partial charge in [-0.2, -0.15) is 4.98 Å². The Morgan fingerprint density at radius 1 is 1.40 bits per heavy atom. The molecule has 0 unspecified atom stereocenters. The van der Waals surface area contributed by atoms with E-state index in [0.717, 1.165) is 25.3 Å². The number of pyridine rings is 1. The highest BCUT2D eigenvalue weighted by Crippen LogP contribution is 1.94. The Balaban J connectivity index is 1.68. The molecule has 0 aromatic carbocycles. The summed E-state index contributed by atoms with van der Waals surface area (Å²) in [6.07, 6.45) is 5.73. The monoisotopic (exact) mass is 204 g/mol. The molecule has 0 saturated heterocycles. The Morgan fingerprint density at radius 3 is 3.13 bits per heavy atom. The van der Waals surface area contributed by atoms with Gasteiger partial charge in [-0.3, -0.25) is 4.98 Å². The number of hydrogen-bond donors (Lipinski definition) is 1. The van der Waals surface area contributed by atoms with E-state index in [1.54, 1.807) is 6.20 Å². The molecule has 0 bridgehead atoms. The van der Waals surface area contributed by atoms with Crippen LogP contribution in [0.4, 0.5) is 0 Å². The minimum atomic E-state index is 0.730. The molecule has 0 aliphatic rings. The third kappa shape index (κ3) is 3.14. The van der Waals surface area contributed by atoms with Crippen molar-refractivity contribution in [3.05, 3.63) is 42.3 Å². The number of rotatable bonds is 5. The van der Waals surface area contributed by atoms with E-state index in [-0.39, 0.29) is 0 Å². The molecule has 2 rings (SSSR count). The zero-order chi connectivity index (χ0) is 10.3. The average Bonchev–Trinajstić information content (AvgIpc) is 2.79. The number of aromatic nitrogens is 3. The van der Waals surface area contributed by atoms with Crippen molar-refractivity contribution in [1.82, 2.24) is 20.4 Å². The van der Waals surface area contributed by atoms with Crippen LogP contribution >= 0.6 is 0 Å². The lowest BCUT2D eigenvalue weighted by Gasteiger charge is -2.01. The molecule has 2 aromatic heterocycles. The highest BCUT2D eigenvalue weighted by molar-refractivity contribution is 5.07. The fraction of sp³-hybridized carbons (Fsp3) is 0.300. The number of nitrogens with one attached hydrogen (secondary N) is 1. The fourth-order valence-electron chi connectivity index (χ4n) is 1.24. The van der Waals surface area contributed by atoms with Crippen molar-refractivity contribution in [2.24, 2.45) is 0 Å². The van der Waals surface area contributed by atoms with Crippen molar-refractivity contribution >= 4 is 0 Å². The first-order valence-corrected chi connectivity index (χ1v) is 4.80. The minimum absolute atomic E-state index is 0.730. The summed E-state index contributed by atoms with van der Waals surface area (Å²) in [5.74, 6) is 0.730. The third-order valence-electron chi connectivity index (χ3n) is 1.98. The van der Waals surface area contributed by atoms with E-state index in [0.29, 0.717) is 0 Å². The molecule has 1 N–H and O–H groups in total. The maximum absolute atomic E-state index is 4.63. The lowest BCUT2D eigenvalue weighted by Crippen LogP contribution is -2.17. The van der Waals surface area contributed by atoms with Gasteiger partial charge in [0, 0.05) is 31.9 Å². The molecule has 5 nitrogen and oxygen atoms in total. The van der Waals surface area contributed by atoms with Gasteiger partial charge >= 0.3 is 0 Å². The van der Waals surface area contributed by atoms with E-state index in [1.165, 1.54) is 12.0 Å². The fourth-order valence-corrected chi connectivity index (χ4v) is 1.24. The maximum atomic E-state index is 4.63. The van der Waals surface area contributed by atoms with Gasteiger partial charge in [0.1, 0.15) is 0 Å². The number of nitrogens with zero attached hydrogens (tertiary/aromatic N) is 3. The van der Waals surface area contributed by atoms with Crippen LogP contribution in [0, 0.1) is 0 Å². The Kier molecular flexibility index (Phi) is 3.40. The van der Waals surface area contributed by atoms with Gasteiger partial charge in [0.15, 0.2) is 5.82 Å². The SMILES string of the molecule is c1cncc(CNCCc2ncon2)c1. The van der Waals surface area contributed by atoms with Crippen LogP contribution in [0.5, 0.6) is 0 Å². The first-order valence-electron chi connectivity index (χ1n) is 4.80. The molecule has 0 radical (unpaired) electrons. The van der Waals surface area contributed by atoms with Crippen molar-refractivity contribution in [2.75, 3.05) is 6.54 Å². The zero-order valence-electron chi connectivity index (χ0n) is 8.26. The predicted octanol–water partition coefficient (Wildman–Crippen LogP) is 0.797. The van der Waals surface area contributed by atoms with Crippen molar-refractivity contribution in [3.63, 3.8) is 0 Å². The minimum Gasteiger partial charge on any atom is -0.343 e. The molecule has 78 valence electrons. The Morgan fingerprint density at radius 2 is 2.40 bits per heavy atom. The summed E-state index contributed by atoms with van der Waals surface area (Å²) in [6, 6.07) is 3.96. The van der Waals surface area contributed by atoms with Gasteiger partial charge in [-0.15, -0.1) is 0 Å². The third-order valence-corrected chi connectivity index (χ3v) is 1.98. The van der Waals surface area contributed by atoms with E-state index in [9.17, 15) is 0 Å².